The molecule has 0 unspecified atom stereocenters. The molecule has 0 N–H and O–H groups in total. The normalized spacial score (nSPS) is 15.1. The molecule has 2 aliphatic rings. The average molecular weight is 735 g/mol. The predicted molar refractivity (Wildman–Crippen MR) is 244 cm³/mol. The molecule has 2 heterocycles. The maximum atomic E-state index is 3.88. The number of fused-ring (bicyclic) bond motifs is 8. The zero-order chi connectivity index (χ0) is 39.1. The second kappa shape index (κ2) is 13.0. The quantitative estimate of drug-likeness (QED) is 0.154. The Bertz CT molecular complexity index is 2970. The number of hydrogen-bond acceptors (Lipinski definition) is 1. The van der Waals surface area contributed by atoms with Crippen molar-refractivity contribution in [3.63, 3.8) is 0 Å². The van der Waals surface area contributed by atoms with E-state index in [0.29, 0.717) is 0 Å². The molecule has 8 aromatic rings. The van der Waals surface area contributed by atoms with E-state index in [1.165, 1.54) is 94.5 Å². The molecule has 0 fully saturated rings. The lowest BCUT2D eigenvalue weighted by molar-refractivity contribution is 0.627. The van der Waals surface area contributed by atoms with Gasteiger partial charge in [0.25, 0.3) is 0 Å². The number of allylic oxidation sites excluding steroid dienone is 5. The van der Waals surface area contributed by atoms with Gasteiger partial charge in [0, 0.05) is 33.0 Å². The van der Waals surface area contributed by atoms with Gasteiger partial charge < -0.3 is 9.47 Å². The van der Waals surface area contributed by atoms with Gasteiger partial charge in [-0.1, -0.05) is 144 Å². The van der Waals surface area contributed by atoms with Crippen LogP contribution in [0.2, 0.25) is 0 Å². The van der Waals surface area contributed by atoms with Crippen molar-refractivity contribution < 1.29 is 0 Å². The molecule has 0 atom stereocenters. The van der Waals surface area contributed by atoms with Gasteiger partial charge in [0.1, 0.15) is 0 Å². The zero-order valence-corrected chi connectivity index (χ0v) is 33.3. The van der Waals surface area contributed by atoms with E-state index in [0.717, 1.165) is 5.69 Å². The highest BCUT2D eigenvalue weighted by Crippen LogP contribution is 2.58. The first kappa shape index (κ1) is 34.8. The smallest absolute Gasteiger partial charge is 0.0541 e. The van der Waals surface area contributed by atoms with Crippen LogP contribution in [0.3, 0.4) is 0 Å². The molecule has 2 heteroatoms. The summed E-state index contributed by atoms with van der Waals surface area (Å²) in [5, 5.41) is 2.52. The number of hydrogen-bond donors (Lipinski definition) is 0. The Morgan fingerprint density at radius 3 is 1.98 bits per heavy atom. The lowest BCUT2D eigenvalue weighted by Crippen LogP contribution is -2.31. The summed E-state index contributed by atoms with van der Waals surface area (Å²) in [6.07, 6.45) is 8.11. The summed E-state index contributed by atoms with van der Waals surface area (Å²) < 4.78 is 2.39. The molecule has 1 aliphatic heterocycles. The van der Waals surface area contributed by atoms with Crippen molar-refractivity contribution in [2.24, 2.45) is 0 Å². The standard InChI is InChI=1S/C55H46N2/c1-7-9-17-36(8-2)37-24-28-41(29-25-37)57-52-31-27-39(38-26-30-51-45(32-38)43-21-14-16-23-50(43)56(51)40-18-11-10-12-19-40)33-48(52)55(5,6)49-34-44-42-20-13-15-22-46(42)54(3,4)47(44)35-53(49)57/h7-35H,1H2,2-6H3/b17-9-,36-8+. The number of anilines is 3. The second-order valence-electron chi connectivity index (χ2n) is 16.6. The van der Waals surface area contributed by atoms with Crippen molar-refractivity contribution in [2.75, 3.05) is 4.90 Å². The summed E-state index contributed by atoms with van der Waals surface area (Å²) in [5.74, 6) is 0. The fourth-order valence-corrected chi connectivity index (χ4v) is 9.73. The molecule has 1 aliphatic carbocycles. The maximum Gasteiger partial charge on any atom is 0.0541 e. The molecule has 2 nitrogen and oxygen atoms in total. The van der Waals surface area contributed by atoms with Crippen LogP contribution in [0.1, 0.15) is 62.4 Å². The summed E-state index contributed by atoms with van der Waals surface area (Å²) in [5.41, 5.74) is 19.8. The molecular formula is C55H46N2. The second-order valence-corrected chi connectivity index (χ2v) is 16.6. The monoisotopic (exact) mass is 734 g/mol. The van der Waals surface area contributed by atoms with Crippen LogP contribution in [-0.2, 0) is 10.8 Å². The van der Waals surface area contributed by atoms with Crippen LogP contribution in [0, 0.1) is 0 Å². The van der Waals surface area contributed by atoms with E-state index in [2.05, 4.69) is 214 Å². The first-order valence-electron chi connectivity index (χ1n) is 20.1. The van der Waals surface area contributed by atoms with E-state index >= 15 is 0 Å². The Hall–Kier alpha value is -6.64. The molecule has 57 heavy (non-hydrogen) atoms. The van der Waals surface area contributed by atoms with E-state index < -0.39 is 0 Å². The van der Waals surface area contributed by atoms with Gasteiger partial charge in [-0.05, 0) is 129 Å². The summed E-state index contributed by atoms with van der Waals surface area (Å²) in [4.78, 5) is 2.51. The summed E-state index contributed by atoms with van der Waals surface area (Å²) in [7, 11) is 0. The van der Waals surface area contributed by atoms with Gasteiger partial charge in [-0.25, -0.2) is 0 Å². The minimum Gasteiger partial charge on any atom is -0.310 e. The number of rotatable bonds is 6. The van der Waals surface area contributed by atoms with Crippen LogP contribution >= 0.6 is 0 Å². The van der Waals surface area contributed by atoms with Crippen LogP contribution < -0.4 is 4.90 Å². The highest BCUT2D eigenvalue weighted by molar-refractivity contribution is 6.10. The van der Waals surface area contributed by atoms with Gasteiger partial charge >= 0.3 is 0 Å². The molecule has 7 aromatic carbocycles. The lowest BCUT2D eigenvalue weighted by Gasteiger charge is -2.43. The Morgan fingerprint density at radius 2 is 1.19 bits per heavy atom. The SMILES string of the molecule is C=C/C=C\C(=C/C)c1ccc(N2c3ccc(-c4ccc5c(c4)c4ccccc4n5-c4ccccc4)cc3C(C)(C)c3cc4c(cc32)C(C)(C)c2ccccc2-4)cc1. The Labute approximate surface area is 336 Å². The van der Waals surface area contributed by atoms with Crippen LogP contribution in [0.15, 0.2) is 183 Å². The topological polar surface area (TPSA) is 8.17 Å². The zero-order valence-electron chi connectivity index (χ0n) is 33.3. The third kappa shape index (κ3) is 5.24. The largest absolute Gasteiger partial charge is 0.310 e. The van der Waals surface area contributed by atoms with Crippen LogP contribution in [-0.4, -0.2) is 4.57 Å². The van der Waals surface area contributed by atoms with Crippen molar-refractivity contribution in [3.8, 4) is 27.9 Å². The molecule has 1 aromatic heterocycles. The van der Waals surface area contributed by atoms with Crippen LogP contribution in [0.25, 0.3) is 55.3 Å². The van der Waals surface area contributed by atoms with Crippen molar-refractivity contribution >= 4 is 44.4 Å². The first-order valence-corrected chi connectivity index (χ1v) is 20.1. The number of benzene rings is 7. The Balaban J connectivity index is 1.16. The van der Waals surface area contributed by atoms with Gasteiger partial charge in [0.2, 0.25) is 0 Å². The summed E-state index contributed by atoms with van der Waals surface area (Å²) in [6.45, 7) is 15.5. The third-order valence-corrected chi connectivity index (χ3v) is 12.7. The minimum atomic E-state index is -0.269. The maximum absolute atomic E-state index is 3.88. The highest BCUT2D eigenvalue weighted by Gasteiger charge is 2.42. The molecular weight excluding hydrogens is 689 g/mol. The van der Waals surface area contributed by atoms with E-state index in [1.54, 1.807) is 0 Å². The van der Waals surface area contributed by atoms with Gasteiger partial charge in [0.05, 0.1) is 22.4 Å². The molecule has 0 radical (unpaired) electrons. The predicted octanol–water partition coefficient (Wildman–Crippen LogP) is 15.0. The first-order chi connectivity index (χ1) is 27.7. The molecule has 0 amide bonds. The van der Waals surface area contributed by atoms with E-state index in [-0.39, 0.29) is 10.8 Å². The number of aromatic nitrogens is 1. The fraction of sp³-hybridized carbons (Fsp3) is 0.127. The fourth-order valence-electron chi connectivity index (χ4n) is 9.73. The minimum absolute atomic E-state index is 0.106. The number of para-hydroxylation sites is 2. The highest BCUT2D eigenvalue weighted by atomic mass is 15.2. The van der Waals surface area contributed by atoms with E-state index in [1.807, 2.05) is 12.2 Å². The van der Waals surface area contributed by atoms with Crippen molar-refractivity contribution in [1.29, 1.82) is 0 Å². The summed E-state index contributed by atoms with van der Waals surface area (Å²) in [6, 6.07) is 56.7. The van der Waals surface area contributed by atoms with Crippen LogP contribution in [0.5, 0.6) is 0 Å². The van der Waals surface area contributed by atoms with Gasteiger partial charge in [-0.2, -0.15) is 0 Å². The summed E-state index contributed by atoms with van der Waals surface area (Å²) >= 11 is 0. The molecule has 0 saturated carbocycles. The van der Waals surface area contributed by atoms with Crippen molar-refractivity contribution in [1.82, 2.24) is 4.57 Å². The van der Waals surface area contributed by atoms with Crippen molar-refractivity contribution in [3.05, 3.63) is 210 Å². The average Bonchev–Trinajstić information content (AvgIpc) is 3.69. The molecule has 10 rings (SSSR count). The Kier molecular flexibility index (Phi) is 7.92. The number of nitrogens with zero attached hydrogens (tertiary/aromatic N) is 2. The molecule has 0 bridgehead atoms. The van der Waals surface area contributed by atoms with Gasteiger partial charge in [-0.3, -0.25) is 0 Å². The lowest BCUT2D eigenvalue weighted by atomic mass is 9.71. The Morgan fingerprint density at radius 1 is 0.526 bits per heavy atom. The van der Waals surface area contributed by atoms with E-state index in [4.69, 9.17) is 0 Å². The van der Waals surface area contributed by atoms with Crippen LogP contribution in [0.4, 0.5) is 17.1 Å². The van der Waals surface area contributed by atoms with Crippen molar-refractivity contribution in [2.45, 2.75) is 45.4 Å². The van der Waals surface area contributed by atoms with Gasteiger partial charge in [0.15, 0.2) is 0 Å². The van der Waals surface area contributed by atoms with Gasteiger partial charge in [-0.15, -0.1) is 0 Å². The van der Waals surface area contributed by atoms with E-state index in [9.17, 15) is 0 Å². The third-order valence-electron chi connectivity index (χ3n) is 12.7. The molecule has 0 spiro atoms. The molecule has 0 saturated heterocycles. The molecule has 276 valence electrons.